The van der Waals surface area contributed by atoms with Crippen LogP contribution in [0.15, 0.2) is 12.1 Å². The number of aryl methyl sites for hydroxylation is 1. The van der Waals surface area contributed by atoms with E-state index < -0.39 is 5.97 Å². The van der Waals surface area contributed by atoms with Crippen molar-refractivity contribution in [3.8, 4) is 11.8 Å². The molecule has 0 aliphatic carbocycles. The topological polar surface area (TPSA) is 59.3 Å². The number of methoxy groups -OCH3 is 1. The SMILES string of the molecule is CCOC(=O)c1cc(C#N)c(CC)cc1OC. The number of ether oxygens (including phenoxy) is 2. The van der Waals surface area contributed by atoms with E-state index in [9.17, 15) is 4.79 Å². The predicted molar refractivity (Wildman–Crippen MR) is 63.0 cm³/mol. The van der Waals surface area contributed by atoms with Crippen molar-refractivity contribution in [1.29, 1.82) is 5.26 Å². The molecule has 0 bridgehead atoms. The number of benzene rings is 1. The van der Waals surface area contributed by atoms with Crippen molar-refractivity contribution >= 4 is 5.97 Å². The first-order valence-corrected chi connectivity index (χ1v) is 5.46. The summed E-state index contributed by atoms with van der Waals surface area (Å²) in [6, 6.07) is 5.31. The molecule has 0 amide bonds. The van der Waals surface area contributed by atoms with Gasteiger partial charge in [-0.3, -0.25) is 0 Å². The van der Waals surface area contributed by atoms with Crippen LogP contribution in [0.2, 0.25) is 0 Å². The van der Waals surface area contributed by atoms with E-state index in [2.05, 4.69) is 6.07 Å². The lowest BCUT2D eigenvalue weighted by Gasteiger charge is -2.10. The van der Waals surface area contributed by atoms with Gasteiger partial charge in [0.05, 0.1) is 25.3 Å². The number of hydrogen-bond acceptors (Lipinski definition) is 4. The van der Waals surface area contributed by atoms with E-state index in [0.717, 1.165) is 5.56 Å². The summed E-state index contributed by atoms with van der Waals surface area (Å²) in [7, 11) is 1.49. The molecule has 0 heterocycles. The van der Waals surface area contributed by atoms with Gasteiger partial charge in [-0.1, -0.05) is 6.92 Å². The number of carbonyl (C=O) groups excluding carboxylic acids is 1. The van der Waals surface area contributed by atoms with Crippen molar-refractivity contribution in [3.05, 3.63) is 28.8 Å². The van der Waals surface area contributed by atoms with E-state index in [0.29, 0.717) is 29.9 Å². The molecule has 0 spiro atoms. The van der Waals surface area contributed by atoms with E-state index >= 15 is 0 Å². The zero-order valence-corrected chi connectivity index (χ0v) is 10.2. The lowest BCUT2D eigenvalue weighted by Crippen LogP contribution is -2.08. The van der Waals surface area contributed by atoms with Crippen molar-refractivity contribution in [2.45, 2.75) is 20.3 Å². The molecule has 4 nitrogen and oxygen atoms in total. The van der Waals surface area contributed by atoms with Gasteiger partial charge < -0.3 is 9.47 Å². The van der Waals surface area contributed by atoms with Crippen LogP contribution in [0.4, 0.5) is 0 Å². The summed E-state index contributed by atoms with van der Waals surface area (Å²) in [6.07, 6.45) is 0.711. The van der Waals surface area contributed by atoms with Crippen molar-refractivity contribution in [2.24, 2.45) is 0 Å². The normalized spacial score (nSPS) is 9.53. The summed E-state index contributed by atoms with van der Waals surface area (Å²) in [6.45, 7) is 3.97. The molecule has 0 saturated heterocycles. The van der Waals surface area contributed by atoms with Crippen LogP contribution in [-0.4, -0.2) is 19.7 Å². The van der Waals surface area contributed by atoms with Gasteiger partial charge in [-0.15, -0.1) is 0 Å². The Labute approximate surface area is 101 Å². The van der Waals surface area contributed by atoms with Crippen LogP contribution >= 0.6 is 0 Å². The second kappa shape index (κ2) is 5.90. The highest BCUT2D eigenvalue weighted by Gasteiger charge is 2.16. The van der Waals surface area contributed by atoms with Gasteiger partial charge in [0.25, 0.3) is 0 Å². The molecule has 0 atom stereocenters. The highest BCUT2D eigenvalue weighted by molar-refractivity contribution is 5.93. The van der Waals surface area contributed by atoms with E-state index in [1.54, 1.807) is 13.0 Å². The summed E-state index contributed by atoms with van der Waals surface area (Å²) in [5, 5.41) is 9.01. The second-order valence-corrected chi connectivity index (χ2v) is 3.40. The maximum absolute atomic E-state index is 11.7. The third-order valence-electron chi connectivity index (χ3n) is 2.42. The Hall–Kier alpha value is -2.02. The third-order valence-corrected chi connectivity index (χ3v) is 2.42. The van der Waals surface area contributed by atoms with E-state index in [4.69, 9.17) is 14.7 Å². The minimum atomic E-state index is -0.469. The Morgan fingerprint density at radius 3 is 2.59 bits per heavy atom. The highest BCUT2D eigenvalue weighted by atomic mass is 16.5. The maximum Gasteiger partial charge on any atom is 0.341 e. The standard InChI is InChI=1S/C13H15NO3/c1-4-9-7-12(16-3)11(6-10(9)8-14)13(15)17-5-2/h6-7H,4-5H2,1-3H3. The van der Waals surface area contributed by atoms with Crippen LogP contribution in [-0.2, 0) is 11.2 Å². The molecule has 0 aromatic heterocycles. The molecule has 17 heavy (non-hydrogen) atoms. The van der Waals surface area contributed by atoms with Crippen molar-refractivity contribution < 1.29 is 14.3 Å². The van der Waals surface area contributed by atoms with Crippen molar-refractivity contribution in [1.82, 2.24) is 0 Å². The molecule has 1 aromatic carbocycles. The number of esters is 1. The molecule has 0 aliphatic heterocycles. The molecule has 0 aliphatic rings. The lowest BCUT2D eigenvalue weighted by atomic mass is 10.0. The Morgan fingerprint density at radius 2 is 2.12 bits per heavy atom. The predicted octanol–water partition coefficient (Wildman–Crippen LogP) is 2.31. The molecular formula is C13H15NO3. The largest absolute Gasteiger partial charge is 0.496 e. The molecule has 4 heteroatoms. The van der Waals surface area contributed by atoms with Gasteiger partial charge in [-0.05, 0) is 31.0 Å². The van der Waals surface area contributed by atoms with Gasteiger partial charge in [0.15, 0.2) is 0 Å². The molecule has 0 fully saturated rings. The molecule has 0 radical (unpaired) electrons. The average molecular weight is 233 g/mol. The monoisotopic (exact) mass is 233 g/mol. The number of hydrogen-bond donors (Lipinski definition) is 0. The maximum atomic E-state index is 11.7. The zero-order chi connectivity index (χ0) is 12.8. The quantitative estimate of drug-likeness (QED) is 0.749. The van der Waals surface area contributed by atoms with E-state index in [-0.39, 0.29) is 0 Å². The first-order chi connectivity index (χ1) is 8.17. The van der Waals surface area contributed by atoms with Crippen molar-refractivity contribution in [3.63, 3.8) is 0 Å². The smallest absolute Gasteiger partial charge is 0.341 e. The van der Waals surface area contributed by atoms with Gasteiger partial charge in [0.1, 0.15) is 11.3 Å². The average Bonchev–Trinajstić information content (AvgIpc) is 2.37. The second-order valence-electron chi connectivity index (χ2n) is 3.40. The van der Waals surface area contributed by atoms with Gasteiger partial charge in [-0.2, -0.15) is 5.26 Å². The van der Waals surface area contributed by atoms with E-state index in [1.807, 2.05) is 6.92 Å². The van der Waals surface area contributed by atoms with Crippen molar-refractivity contribution in [2.75, 3.05) is 13.7 Å². The number of rotatable bonds is 4. The first-order valence-electron chi connectivity index (χ1n) is 5.46. The molecule has 90 valence electrons. The molecule has 0 saturated carbocycles. The highest BCUT2D eigenvalue weighted by Crippen LogP contribution is 2.24. The van der Waals surface area contributed by atoms with Gasteiger partial charge in [-0.25, -0.2) is 4.79 Å². The summed E-state index contributed by atoms with van der Waals surface area (Å²) < 4.78 is 10.1. The van der Waals surface area contributed by atoms with Crippen LogP contribution in [0.3, 0.4) is 0 Å². The summed E-state index contributed by atoms with van der Waals surface area (Å²) >= 11 is 0. The number of nitrogens with zero attached hydrogens (tertiary/aromatic N) is 1. The van der Waals surface area contributed by atoms with Crippen LogP contribution in [0.25, 0.3) is 0 Å². The minimum absolute atomic E-state index is 0.291. The van der Waals surface area contributed by atoms with Gasteiger partial charge >= 0.3 is 5.97 Å². The number of carbonyl (C=O) groups is 1. The Kier molecular flexibility index (Phi) is 4.53. The molecule has 1 rings (SSSR count). The third kappa shape index (κ3) is 2.76. The van der Waals surface area contributed by atoms with Crippen LogP contribution in [0.1, 0.15) is 35.3 Å². The van der Waals surface area contributed by atoms with Crippen LogP contribution in [0.5, 0.6) is 5.75 Å². The minimum Gasteiger partial charge on any atom is -0.496 e. The van der Waals surface area contributed by atoms with Crippen LogP contribution in [0, 0.1) is 11.3 Å². The summed E-state index contributed by atoms with van der Waals surface area (Å²) in [4.78, 5) is 11.7. The molecular weight excluding hydrogens is 218 g/mol. The van der Waals surface area contributed by atoms with Gasteiger partial charge in [0.2, 0.25) is 0 Å². The van der Waals surface area contributed by atoms with Crippen LogP contribution < -0.4 is 4.74 Å². The Bertz CT molecular complexity index is 460. The Balaban J connectivity index is 3.29. The Morgan fingerprint density at radius 1 is 1.41 bits per heavy atom. The number of nitriles is 1. The lowest BCUT2D eigenvalue weighted by molar-refractivity contribution is 0.0522. The zero-order valence-electron chi connectivity index (χ0n) is 10.2. The van der Waals surface area contributed by atoms with E-state index in [1.165, 1.54) is 13.2 Å². The first kappa shape index (κ1) is 13.0. The van der Waals surface area contributed by atoms with Gasteiger partial charge in [0, 0.05) is 0 Å². The summed E-state index contributed by atoms with van der Waals surface area (Å²) in [5.41, 5.74) is 1.64. The molecule has 0 N–H and O–H groups in total. The summed E-state index contributed by atoms with van der Waals surface area (Å²) in [5.74, 6) is -0.0252. The fraction of sp³-hybridized carbons (Fsp3) is 0.385. The fourth-order valence-electron chi connectivity index (χ4n) is 1.56. The molecule has 0 unspecified atom stereocenters. The molecule has 1 aromatic rings. The fourth-order valence-corrected chi connectivity index (χ4v) is 1.56.